The van der Waals surface area contributed by atoms with Crippen molar-refractivity contribution in [2.24, 2.45) is 0 Å². The van der Waals surface area contributed by atoms with Crippen LogP contribution in [0.2, 0.25) is 10.0 Å². The standard InChI is InChI=1S/C16H11BrCl2FN3O2S/c17-14-9-23(8-10-1-2-11(18)7-15(10)19)21-16(14)22-26(24,25)13-5-3-12(20)4-6-13/h1-7,9H,8H2,(H,21,22). The lowest BCUT2D eigenvalue weighted by atomic mass is 10.2. The number of sulfonamides is 1. The Morgan fingerprint density at radius 1 is 1.15 bits per heavy atom. The first-order valence-corrected chi connectivity index (χ1v) is 10.2. The Kier molecular flexibility index (Phi) is 5.57. The van der Waals surface area contributed by atoms with E-state index in [0.717, 1.165) is 17.7 Å². The number of aromatic nitrogens is 2. The molecule has 0 fully saturated rings. The topological polar surface area (TPSA) is 64.0 Å². The minimum Gasteiger partial charge on any atom is -0.265 e. The number of anilines is 1. The van der Waals surface area contributed by atoms with E-state index in [0.29, 0.717) is 21.1 Å². The van der Waals surface area contributed by atoms with Gasteiger partial charge in [-0.1, -0.05) is 29.3 Å². The summed E-state index contributed by atoms with van der Waals surface area (Å²) in [7, 11) is -3.89. The fourth-order valence-electron chi connectivity index (χ4n) is 2.17. The van der Waals surface area contributed by atoms with Crippen molar-refractivity contribution < 1.29 is 12.8 Å². The van der Waals surface area contributed by atoms with Crippen LogP contribution in [0.4, 0.5) is 10.2 Å². The van der Waals surface area contributed by atoms with Gasteiger partial charge in [0.2, 0.25) is 0 Å². The van der Waals surface area contributed by atoms with E-state index in [1.54, 1.807) is 24.4 Å². The summed E-state index contributed by atoms with van der Waals surface area (Å²) in [6, 6.07) is 9.60. The van der Waals surface area contributed by atoms with Crippen molar-refractivity contribution in [3.63, 3.8) is 0 Å². The summed E-state index contributed by atoms with van der Waals surface area (Å²) in [4.78, 5) is -0.0684. The highest BCUT2D eigenvalue weighted by Crippen LogP contribution is 2.26. The average molecular weight is 479 g/mol. The lowest BCUT2D eigenvalue weighted by molar-refractivity contribution is 0.599. The molecule has 0 radical (unpaired) electrons. The van der Waals surface area contributed by atoms with Crippen LogP contribution in [0.3, 0.4) is 0 Å². The maximum atomic E-state index is 13.0. The summed E-state index contributed by atoms with van der Waals surface area (Å²) in [5.41, 5.74) is 0.777. The third-order valence-corrected chi connectivity index (χ3v) is 5.94. The van der Waals surface area contributed by atoms with E-state index in [-0.39, 0.29) is 10.7 Å². The van der Waals surface area contributed by atoms with Crippen molar-refractivity contribution >= 4 is 55.0 Å². The van der Waals surface area contributed by atoms with Gasteiger partial charge in [-0.25, -0.2) is 12.8 Å². The zero-order chi connectivity index (χ0) is 18.9. The molecule has 1 heterocycles. The van der Waals surface area contributed by atoms with E-state index in [2.05, 4.69) is 25.8 Å². The molecule has 5 nitrogen and oxygen atoms in total. The number of nitrogens with one attached hydrogen (secondary N) is 1. The molecular formula is C16H11BrCl2FN3O2S. The van der Waals surface area contributed by atoms with Crippen molar-refractivity contribution in [1.29, 1.82) is 0 Å². The number of nitrogens with zero attached hydrogens (tertiary/aromatic N) is 2. The second-order valence-corrected chi connectivity index (χ2v) is 8.70. The Balaban J connectivity index is 1.83. The smallest absolute Gasteiger partial charge is 0.263 e. The van der Waals surface area contributed by atoms with E-state index in [1.165, 1.54) is 16.8 Å². The number of rotatable bonds is 5. The summed E-state index contributed by atoms with van der Waals surface area (Å²) in [5, 5.41) is 5.22. The lowest BCUT2D eigenvalue weighted by Gasteiger charge is -2.07. The number of hydrogen-bond donors (Lipinski definition) is 1. The lowest BCUT2D eigenvalue weighted by Crippen LogP contribution is -2.14. The van der Waals surface area contributed by atoms with Crippen LogP contribution in [0.25, 0.3) is 0 Å². The first-order chi connectivity index (χ1) is 12.2. The molecule has 3 rings (SSSR count). The van der Waals surface area contributed by atoms with Crippen molar-refractivity contribution in [1.82, 2.24) is 9.78 Å². The van der Waals surface area contributed by atoms with E-state index in [9.17, 15) is 12.8 Å². The molecule has 136 valence electrons. The molecule has 0 unspecified atom stereocenters. The van der Waals surface area contributed by atoms with Crippen LogP contribution < -0.4 is 4.72 Å². The predicted molar refractivity (Wildman–Crippen MR) is 103 cm³/mol. The van der Waals surface area contributed by atoms with Gasteiger partial charge in [-0.3, -0.25) is 9.40 Å². The van der Waals surface area contributed by atoms with Gasteiger partial charge in [0.1, 0.15) is 5.82 Å². The quantitative estimate of drug-likeness (QED) is 0.564. The van der Waals surface area contributed by atoms with Crippen molar-refractivity contribution in [2.75, 3.05) is 4.72 Å². The van der Waals surface area contributed by atoms with Gasteiger partial charge in [0, 0.05) is 16.2 Å². The van der Waals surface area contributed by atoms with E-state index in [4.69, 9.17) is 23.2 Å². The van der Waals surface area contributed by atoms with Crippen molar-refractivity contribution in [2.45, 2.75) is 11.4 Å². The van der Waals surface area contributed by atoms with E-state index >= 15 is 0 Å². The fourth-order valence-corrected chi connectivity index (χ4v) is 4.20. The van der Waals surface area contributed by atoms with Crippen LogP contribution >= 0.6 is 39.1 Å². The second-order valence-electron chi connectivity index (χ2n) is 5.32. The molecule has 0 saturated carbocycles. The van der Waals surface area contributed by atoms with Gasteiger partial charge < -0.3 is 0 Å². The number of hydrogen-bond acceptors (Lipinski definition) is 3. The van der Waals surface area contributed by atoms with Gasteiger partial charge in [0.15, 0.2) is 5.82 Å². The fraction of sp³-hybridized carbons (Fsp3) is 0.0625. The van der Waals surface area contributed by atoms with Crippen LogP contribution in [-0.2, 0) is 16.6 Å². The molecule has 0 aliphatic carbocycles. The molecule has 26 heavy (non-hydrogen) atoms. The summed E-state index contributed by atoms with van der Waals surface area (Å²) in [6.45, 7) is 0.326. The van der Waals surface area contributed by atoms with Gasteiger partial charge in [-0.2, -0.15) is 5.10 Å². The van der Waals surface area contributed by atoms with Crippen LogP contribution in [0, 0.1) is 5.82 Å². The monoisotopic (exact) mass is 477 g/mol. The van der Waals surface area contributed by atoms with Gasteiger partial charge in [0.05, 0.1) is 15.9 Å². The molecule has 0 spiro atoms. The zero-order valence-electron chi connectivity index (χ0n) is 13.0. The number of halogens is 4. The largest absolute Gasteiger partial charge is 0.265 e. The molecule has 0 bridgehead atoms. The van der Waals surface area contributed by atoms with Crippen molar-refractivity contribution in [3.8, 4) is 0 Å². The summed E-state index contributed by atoms with van der Waals surface area (Å²) >= 11 is 15.3. The molecule has 0 amide bonds. The SMILES string of the molecule is O=S(=O)(Nc1nn(Cc2ccc(Cl)cc2Cl)cc1Br)c1ccc(F)cc1. The average Bonchev–Trinajstić information content (AvgIpc) is 2.89. The highest BCUT2D eigenvalue weighted by molar-refractivity contribution is 9.10. The summed E-state index contributed by atoms with van der Waals surface area (Å²) in [5.74, 6) is -0.409. The Hall–Kier alpha value is -1.61. The van der Waals surface area contributed by atoms with Crippen LogP contribution in [0.5, 0.6) is 0 Å². The molecule has 0 saturated heterocycles. The van der Waals surface area contributed by atoms with Crippen molar-refractivity contribution in [3.05, 3.63) is 74.6 Å². The van der Waals surface area contributed by atoms with E-state index < -0.39 is 15.8 Å². The Labute approximate surface area is 167 Å². The highest BCUT2D eigenvalue weighted by atomic mass is 79.9. The molecule has 1 N–H and O–H groups in total. The van der Waals surface area contributed by atoms with Gasteiger partial charge in [-0.15, -0.1) is 0 Å². The molecule has 10 heteroatoms. The van der Waals surface area contributed by atoms with Crippen LogP contribution in [-0.4, -0.2) is 18.2 Å². The molecule has 0 aliphatic heterocycles. The normalized spacial score (nSPS) is 11.5. The Morgan fingerprint density at radius 2 is 1.85 bits per heavy atom. The third-order valence-electron chi connectivity index (χ3n) is 3.42. The number of benzene rings is 2. The highest BCUT2D eigenvalue weighted by Gasteiger charge is 2.18. The Morgan fingerprint density at radius 3 is 2.50 bits per heavy atom. The third kappa shape index (κ3) is 4.37. The molecule has 1 aromatic heterocycles. The summed E-state index contributed by atoms with van der Waals surface area (Å²) in [6.07, 6.45) is 1.62. The van der Waals surface area contributed by atoms with Crippen LogP contribution in [0.1, 0.15) is 5.56 Å². The van der Waals surface area contributed by atoms with Crippen LogP contribution in [0.15, 0.2) is 58.0 Å². The predicted octanol–water partition coefficient (Wildman–Crippen LogP) is 4.94. The van der Waals surface area contributed by atoms with Gasteiger partial charge >= 0.3 is 0 Å². The maximum Gasteiger partial charge on any atom is 0.263 e. The first-order valence-electron chi connectivity index (χ1n) is 7.20. The Bertz CT molecular complexity index is 1060. The minimum atomic E-state index is -3.89. The zero-order valence-corrected chi connectivity index (χ0v) is 16.9. The molecular weight excluding hydrogens is 468 g/mol. The first kappa shape index (κ1) is 19.2. The molecule has 0 atom stereocenters. The maximum absolute atomic E-state index is 13.0. The summed E-state index contributed by atoms with van der Waals surface area (Å²) < 4.78 is 42.1. The molecule has 3 aromatic rings. The molecule has 0 aliphatic rings. The van der Waals surface area contributed by atoms with E-state index in [1.807, 2.05) is 0 Å². The molecule has 2 aromatic carbocycles. The minimum absolute atomic E-state index is 0.0684. The second kappa shape index (κ2) is 7.56. The van der Waals surface area contributed by atoms with Gasteiger partial charge in [-0.05, 0) is 57.9 Å². The van der Waals surface area contributed by atoms with Gasteiger partial charge in [0.25, 0.3) is 10.0 Å².